The Hall–Kier alpha value is -6.96. The third-order valence-corrected chi connectivity index (χ3v) is 12.8. The molecule has 0 fully saturated rings. The van der Waals surface area contributed by atoms with Crippen LogP contribution in [0.15, 0.2) is 47.5 Å². The molecule has 5 aromatic rings. The van der Waals surface area contributed by atoms with Crippen molar-refractivity contribution in [2.45, 2.75) is 38.5 Å². The Labute approximate surface area is 315 Å². The van der Waals surface area contributed by atoms with Crippen molar-refractivity contribution < 1.29 is 19.2 Å². The second-order valence-electron chi connectivity index (χ2n) is 14.4. The summed E-state index contributed by atoms with van der Waals surface area (Å²) in [5.41, 5.74) is 5.18. The summed E-state index contributed by atoms with van der Waals surface area (Å²) < 4.78 is 0. The number of nitrogens with zero attached hydrogens (tertiary/aromatic N) is 6. The highest BCUT2D eigenvalue weighted by Gasteiger charge is 2.46. The predicted octanol–water partition coefficient (Wildman–Crippen LogP) is 8.98. The Kier molecular flexibility index (Phi) is 6.58. The largest absolute Gasteiger partial charge is 0.288 e. The fourth-order valence-corrected chi connectivity index (χ4v) is 10.3. The molecule has 4 aliphatic carbocycles. The molecule has 0 saturated carbocycles. The molecule has 254 valence electrons. The number of rotatable bonds is 2. The van der Waals surface area contributed by atoms with Gasteiger partial charge in [-0.05, 0) is 58.7 Å². The Morgan fingerprint density at radius 2 is 0.944 bits per heavy atom. The van der Waals surface area contributed by atoms with E-state index in [1.54, 1.807) is 0 Å². The lowest BCUT2D eigenvalue weighted by Gasteiger charge is -2.23. The molecule has 10 nitrogen and oxygen atoms in total. The molecule has 0 saturated heterocycles. The van der Waals surface area contributed by atoms with Crippen LogP contribution in [0, 0.1) is 35.8 Å². The predicted molar refractivity (Wildman–Crippen MR) is 201 cm³/mol. The lowest BCUT2D eigenvalue weighted by molar-refractivity contribution is 0.0975. The maximum atomic E-state index is 13.4. The van der Waals surface area contributed by atoms with Gasteiger partial charge in [0.25, 0.3) is 0 Å². The maximum absolute atomic E-state index is 13.4. The molecule has 54 heavy (non-hydrogen) atoms. The van der Waals surface area contributed by atoms with Gasteiger partial charge in [-0.3, -0.25) is 28.9 Å². The van der Waals surface area contributed by atoms with E-state index in [-0.39, 0.29) is 55.9 Å². The number of carbonyl (C=O) groups excluding carboxylic acids is 4. The fraction of sp³-hybridized carbons (Fsp3) is 0.143. The minimum Gasteiger partial charge on any atom is -0.288 e. The Balaban J connectivity index is 1.08. The molecule has 0 atom stereocenters. The molecule has 0 bridgehead atoms. The number of nitriles is 2. The topological polar surface area (TPSA) is 150 Å². The molecular formula is C42H20N6O4S2. The highest BCUT2D eigenvalue weighted by Crippen LogP contribution is 2.58. The van der Waals surface area contributed by atoms with Crippen LogP contribution in [0.4, 0.5) is 11.4 Å². The van der Waals surface area contributed by atoms with Gasteiger partial charge in [0.2, 0.25) is 0 Å². The van der Waals surface area contributed by atoms with Crippen molar-refractivity contribution in [2.24, 2.45) is 0 Å². The number of benzene rings is 3. The average Bonchev–Trinajstić information content (AvgIpc) is 3.96. The van der Waals surface area contributed by atoms with Gasteiger partial charge < -0.3 is 0 Å². The van der Waals surface area contributed by atoms with Crippen LogP contribution in [0.2, 0.25) is 0 Å². The van der Waals surface area contributed by atoms with Crippen molar-refractivity contribution in [2.75, 3.05) is 0 Å². The van der Waals surface area contributed by atoms with E-state index >= 15 is 0 Å². The summed E-state index contributed by atoms with van der Waals surface area (Å²) in [7, 11) is 0. The normalized spacial score (nSPS) is 16.1. The lowest BCUT2D eigenvalue weighted by Crippen LogP contribution is -2.18. The SMILES string of the molecule is [C-]#[N+]c1cc2c(cc1[N+]#[C-])C(=O)C(=Cc1nc3c(s1)-c1cc4c(cc1C3(C)C)-c1sc(C=C3C(=O)c5cc(C#N)c(C#N)cc5C3=O)nc1C4(C)C)C2=O. The number of ketones is 4. The molecular weight excluding hydrogens is 717 g/mol. The summed E-state index contributed by atoms with van der Waals surface area (Å²) in [4.78, 5) is 71.9. The number of Topliss-reactive ketones (excluding diaryl/α,β-unsaturated/α-hetero) is 4. The van der Waals surface area contributed by atoms with E-state index in [4.69, 9.17) is 23.1 Å². The summed E-state index contributed by atoms with van der Waals surface area (Å²) in [6, 6.07) is 13.4. The van der Waals surface area contributed by atoms with Crippen molar-refractivity contribution >= 4 is 69.3 Å². The molecule has 0 amide bonds. The minimum absolute atomic E-state index is 0.0304. The summed E-state index contributed by atoms with van der Waals surface area (Å²) in [6.45, 7) is 23.1. The average molecular weight is 737 g/mol. The van der Waals surface area contributed by atoms with Gasteiger partial charge in [0, 0.05) is 33.1 Å². The number of carbonyl (C=O) groups is 4. The smallest absolute Gasteiger partial charge is 0.197 e. The molecule has 0 radical (unpaired) electrons. The van der Waals surface area contributed by atoms with Gasteiger partial charge in [0.05, 0.1) is 56.6 Å². The van der Waals surface area contributed by atoms with E-state index in [0.29, 0.717) is 10.0 Å². The number of hydrogen-bond acceptors (Lipinski definition) is 10. The molecule has 3 aromatic carbocycles. The first kappa shape index (κ1) is 32.9. The number of hydrogen-bond donors (Lipinski definition) is 0. The molecule has 0 spiro atoms. The lowest BCUT2D eigenvalue weighted by atomic mass is 9.81. The van der Waals surface area contributed by atoms with E-state index in [0.717, 1.165) is 43.4 Å². The zero-order valence-corrected chi connectivity index (χ0v) is 30.4. The molecule has 0 unspecified atom stereocenters. The molecule has 0 aliphatic heterocycles. The van der Waals surface area contributed by atoms with Crippen LogP contribution in [0.1, 0.15) is 113 Å². The number of allylic oxidation sites excluding steroid dienone is 2. The van der Waals surface area contributed by atoms with Gasteiger partial charge in [0.15, 0.2) is 34.5 Å². The van der Waals surface area contributed by atoms with Crippen LogP contribution in [-0.2, 0) is 10.8 Å². The van der Waals surface area contributed by atoms with Crippen molar-refractivity contribution in [3.05, 3.63) is 136 Å². The number of thiazole rings is 2. The van der Waals surface area contributed by atoms with E-state index in [9.17, 15) is 29.7 Å². The summed E-state index contributed by atoms with van der Waals surface area (Å²) in [5, 5.41) is 19.9. The van der Waals surface area contributed by atoms with Crippen LogP contribution >= 0.6 is 22.7 Å². The summed E-state index contributed by atoms with van der Waals surface area (Å²) in [5.74, 6) is -2.00. The summed E-state index contributed by atoms with van der Waals surface area (Å²) in [6.07, 6.45) is 3.01. The monoisotopic (exact) mass is 736 g/mol. The first-order valence-electron chi connectivity index (χ1n) is 16.5. The highest BCUT2D eigenvalue weighted by atomic mass is 32.1. The van der Waals surface area contributed by atoms with Crippen LogP contribution < -0.4 is 0 Å². The van der Waals surface area contributed by atoms with Gasteiger partial charge in [-0.1, -0.05) is 39.8 Å². The molecule has 2 aromatic heterocycles. The number of fused-ring (bicyclic) bond motifs is 8. The van der Waals surface area contributed by atoms with Crippen molar-refractivity contribution in [1.29, 1.82) is 10.5 Å². The van der Waals surface area contributed by atoms with Crippen molar-refractivity contribution in [1.82, 2.24) is 9.97 Å². The first-order chi connectivity index (χ1) is 25.7. The van der Waals surface area contributed by atoms with Gasteiger partial charge in [-0.15, -0.1) is 22.7 Å². The van der Waals surface area contributed by atoms with E-state index < -0.39 is 34.0 Å². The van der Waals surface area contributed by atoms with Gasteiger partial charge in [-0.2, -0.15) is 10.5 Å². The Morgan fingerprint density at radius 1 is 0.593 bits per heavy atom. The number of aromatic nitrogens is 2. The minimum atomic E-state index is -0.533. The summed E-state index contributed by atoms with van der Waals surface area (Å²) >= 11 is 2.78. The Morgan fingerprint density at radius 3 is 1.28 bits per heavy atom. The second kappa shape index (κ2) is 10.8. The standard InChI is InChI=1S/C42H20N6O4S2/c1-41(2)27-10-24-28(9-23(27)37-39(41)47-31(53-37)13-25-33(49)19-7-17(15-43)18(16-44)8-20(19)34(25)50)42(3,4)40-38(24)54-32(48-40)14-26-35(51)21-11-29(45-5)30(46-6)12-22(21)36(26)52/h7-14H,1-4H3. The highest BCUT2D eigenvalue weighted by molar-refractivity contribution is 7.16. The van der Waals surface area contributed by atoms with Crippen LogP contribution in [0.5, 0.6) is 0 Å². The maximum Gasteiger partial charge on any atom is 0.197 e. The van der Waals surface area contributed by atoms with E-state index in [1.807, 2.05) is 12.1 Å². The van der Waals surface area contributed by atoms with Crippen LogP contribution in [0.3, 0.4) is 0 Å². The fourth-order valence-electron chi connectivity index (χ4n) is 7.86. The van der Waals surface area contributed by atoms with E-state index in [1.165, 1.54) is 59.1 Å². The zero-order valence-electron chi connectivity index (χ0n) is 28.8. The van der Waals surface area contributed by atoms with Crippen molar-refractivity contribution in [3.8, 4) is 33.0 Å². The van der Waals surface area contributed by atoms with Crippen molar-refractivity contribution in [3.63, 3.8) is 0 Å². The zero-order chi connectivity index (χ0) is 38.2. The molecule has 4 aliphatic rings. The molecule has 0 N–H and O–H groups in total. The quantitative estimate of drug-likeness (QED) is 0.0990. The van der Waals surface area contributed by atoms with Crippen LogP contribution in [-0.4, -0.2) is 33.1 Å². The molecule has 9 rings (SSSR count). The van der Waals surface area contributed by atoms with Gasteiger partial charge in [0.1, 0.15) is 22.2 Å². The second-order valence-corrected chi connectivity index (χ2v) is 16.4. The third kappa shape index (κ3) is 4.15. The molecule has 12 heteroatoms. The Bertz CT molecular complexity index is 2700. The third-order valence-electron chi connectivity index (χ3n) is 10.7. The molecule has 2 heterocycles. The first-order valence-corrected chi connectivity index (χ1v) is 18.1. The van der Waals surface area contributed by atoms with Gasteiger partial charge >= 0.3 is 0 Å². The van der Waals surface area contributed by atoms with Gasteiger partial charge in [-0.25, -0.2) is 9.97 Å². The van der Waals surface area contributed by atoms with E-state index in [2.05, 4.69) is 49.5 Å². The van der Waals surface area contributed by atoms with Crippen LogP contribution in [0.25, 0.3) is 42.7 Å².